The summed E-state index contributed by atoms with van der Waals surface area (Å²) in [5, 5.41) is 18.4. The average Bonchev–Trinajstić information content (AvgIpc) is 3.63. The van der Waals surface area contributed by atoms with Crippen LogP contribution >= 0.6 is 11.8 Å². The molecule has 196 valence electrons. The third-order valence-electron chi connectivity index (χ3n) is 6.25. The van der Waals surface area contributed by atoms with E-state index in [9.17, 15) is 14.3 Å². The number of rotatable bonds is 11. The van der Waals surface area contributed by atoms with E-state index < -0.39 is 11.8 Å². The summed E-state index contributed by atoms with van der Waals surface area (Å²) in [6.45, 7) is 2.41. The Balaban J connectivity index is 1.40. The van der Waals surface area contributed by atoms with Crippen molar-refractivity contribution in [1.82, 2.24) is 15.0 Å². The van der Waals surface area contributed by atoms with Crippen LogP contribution in [0.25, 0.3) is 5.69 Å². The standard InChI is InChI=1S/C26H29FN4O5S/c1-34-18-5-8-21(27)23(14-18)31-26(30-9-11-35-12-10-30)22(28-29-31)16-36-19-4-2-3-17(13-19)24(15-25(32)33)37-20-6-7-20/h2-5,8,13-14,20,24H,6-7,9-12,15-16H2,1H3,(H,32,33). The normalized spacial score (nSPS) is 16.4. The number of nitrogens with zero attached hydrogens (tertiary/aromatic N) is 4. The molecule has 9 nitrogen and oxygen atoms in total. The molecule has 2 heterocycles. The SMILES string of the molecule is COc1ccc(F)c(-n2nnc(COc3cccc(C(CC(=O)O)SC4CC4)c3)c2N2CCOCC2)c1. The molecule has 2 aliphatic rings. The lowest BCUT2D eigenvalue weighted by Crippen LogP contribution is -2.38. The fraction of sp³-hybridized carbons (Fsp3) is 0.423. The Kier molecular flexibility index (Phi) is 7.80. The van der Waals surface area contributed by atoms with Gasteiger partial charge in [-0.05, 0) is 42.7 Å². The smallest absolute Gasteiger partial charge is 0.304 e. The lowest BCUT2D eigenvalue weighted by atomic mass is 10.1. The van der Waals surface area contributed by atoms with Crippen LogP contribution < -0.4 is 14.4 Å². The summed E-state index contributed by atoms with van der Waals surface area (Å²) in [6.07, 6.45) is 2.32. The molecular formula is C26H29FN4O5S. The van der Waals surface area contributed by atoms with Crippen LogP contribution in [0.2, 0.25) is 0 Å². The quantitative estimate of drug-likeness (QED) is 0.392. The molecule has 1 N–H and O–H groups in total. The molecule has 2 fully saturated rings. The maximum Gasteiger partial charge on any atom is 0.304 e. The van der Waals surface area contributed by atoms with Crippen LogP contribution in [0.5, 0.6) is 11.5 Å². The summed E-state index contributed by atoms with van der Waals surface area (Å²) < 4.78 is 33.2. The predicted molar refractivity (Wildman–Crippen MR) is 137 cm³/mol. The minimum atomic E-state index is -0.819. The largest absolute Gasteiger partial charge is 0.497 e. The average molecular weight is 529 g/mol. The molecule has 1 aromatic heterocycles. The minimum absolute atomic E-state index is 0.0617. The Morgan fingerprint density at radius 2 is 2.03 bits per heavy atom. The zero-order valence-electron chi connectivity index (χ0n) is 20.5. The maximum absolute atomic E-state index is 14.8. The van der Waals surface area contributed by atoms with E-state index in [4.69, 9.17) is 14.2 Å². The minimum Gasteiger partial charge on any atom is -0.497 e. The molecule has 1 saturated carbocycles. The van der Waals surface area contributed by atoms with Crippen LogP contribution in [-0.2, 0) is 16.1 Å². The summed E-state index contributed by atoms with van der Waals surface area (Å²) in [6, 6.07) is 12.0. The third kappa shape index (κ3) is 6.16. The van der Waals surface area contributed by atoms with Gasteiger partial charge in [0.1, 0.15) is 35.3 Å². The maximum atomic E-state index is 14.8. The Hall–Kier alpha value is -3.31. The van der Waals surface area contributed by atoms with Crippen molar-refractivity contribution in [2.75, 3.05) is 38.3 Å². The lowest BCUT2D eigenvalue weighted by molar-refractivity contribution is -0.137. The van der Waals surface area contributed by atoms with Gasteiger partial charge >= 0.3 is 5.97 Å². The summed E-state index contributed by atoms with van der Waals surface area (Å²) in [4.78, 5) is 13.5. The number of aliphatic carboxylic acids is 1. The van der Waals surface area contributed by atoms with Crippen LogP contribution in [0, 0.1) is 5.82 Å². The van der Waals surface area contributed by atoms with Crippen molar-refractivity contribution in [3.05, 3.63) is 59.5 Å². The number of carboxylic acid groups (broad SMARTS) is 1. The van der Waals surface area contributed by atoms with E-state index in [1.165, 1.54) is 17.9 Å². The van der Waals surface area contributed by atoms with Gasteiger partial charge in [-0.1, -0.05) is 17.3 Å². The molecule has 1 saturated heterocycles. The van der Waals surface area contributed by atoms with E-state index in [0.29, 0.717) is 54.6 Å². The molecule has 5 rings (SSSR count). The fourth-order valence-electron chi connectivity index (χ4n) is 4.23. The molecule has 1 atom stereocenters. The first-order valence-corrected chi connectivity index (χ1v) is 13.2. The molecule has 0 amide bonds. The second-order valence-electron chi connectivity index (χ2n) is 8.97. The van der Waals surface area contributed by atoms with Crippen LogP contribution in [-0.4, -0.2) is 64.7 Å². The first-order valence-electron chi connectivity index (χ1n) is 12.2. The predicted octanol–water partition coefficient (Wildman–Crippen LogP) is 4.24. The molecule has 3 aromatic rings. The van der Waals surface area contributed by atoms with Crippen molar-refractivity contribution in [2.45, 2.75) is 36.4 Å². The highest BCUT2D eigenvalue weighted by Crippen LogP contribution is 2.45. The summed E-state index contributed by atoms with van der Waals surface area (Å²) >= 11 is 1.72. The Morgan fingerprint density at radius 3 is 2.76 bits per heavy atom. The number of hydrogen-bond donors (Lipinski definition) is 1. The van der Waals surface area contributed by atoms with Crippen LogP contribution in [0.15, 0.2) is 42.5 Å². The summed E-state index contributed by atoms with van der Waals surface area (Å²) in [5.74, 6) is 0.493. The van der Waals surface area contributed by atoms with E-state index in [0.717, 1.165) is 18.4 Å². The molecule has 37 heavy (non-hydrogen) atoms. The van der Waals surface area contributed by atoms with E-state index in [2.05, 4.69) is 15.2 Å². The second kappa shape index (κ2) is 11.4. The number of anilines is 1. The van der Waals surface area contributed by atoms with Gasteiger partial charge in [0.25, 0.3) is 0 Å². The zero-order valence-corrected chi connectivity index (χ0v) is 21.3. The van der Waals surface area contributed by atoms with E-state index in [-0.39, 0.29) is 24.0 Å². The monoisotopic (exact) mass is 528 g/mol. The summed E-state index contributed by atoms with van der Waals surface area (Å²) in [7, 11) is 1.53. The van der Waals surface area contributed by atoms with Gasteiger partial charge in [0.2, 0.25) is 0 Å². The van der Waals surface area contributed by atoms with Crippen LogP contribution in [0.1, 0.15) is 35.8 Å². The zero-order chi connectivity index (χ0) is 25.8. The Morgan fingerprint density at radius 1 is 1.22 bits per heavy atom. The number of aromatic nitrogens is 3. The molecule has 1 unspecified atom stereocenters. The van der Waals surface area contributed by atoms with Crippen LogP contribution in [0.3, 0.4) is 0 Å². The first kappa shape index (κ1) is 25.3. The number of carboxylic acids is 1. The fourth-order valence-corrected chi connectivity index (χ4v) is 5.65. The molecule has 1 aliphatic carbocycles. The van der Waals surface area contributed by atoms with Gasteiger partial charge in [0.05, 0.1) is 26.7 Å². The molecule has 2 aromatic carbocycles. The first-order chi connectivity index (χ1) is 18.0. The Labute approximate surface area is 218 Å². The van der Waals surface area contributed by atoms with Crippen LogP contribution in [0.4, 0.5) is 10.2 Å². The van der Waals surface area contributed by atoms with Crippen molar-refractivity contribution in [2.24, 2.45) is 0 Å². The van der Waals surface area contributed by atoms with E-state index >= 15 is 0 Å². The van der Waals surface area contributed by atoms with Crippen molar-refractivity contribution < 1.29 is 28.5 Å². The Bertz CT molecular complexity index is 1250. The molecule has 0 spiro atoms. The highest BCUT2D eigenvalue weighted by Gasteiger charge is 2.29. The molecule has 0 radical (unpaired) electrons. The van der Waals surface area contributed by atoms with Gasteiger partial charge < -0.3 is 24.2 Å². The van der Waals surface area contributed by atoms with Gasteiger partial charge in [-0.2, -0.15) is 4.68 Å². The molecule has 1 aliphatic heterocycles. The topological polar surface area (TPSA) is 98.9 Å². The number of halogens is 1. The third-order valence-corrected chi connectivity index (χ3v) is 7.88. The number of thioether (sulfide) groups is 1. The van der Waals surface area contributed by atoms with Gasteiger partial charge in [-0.15, -0.1) is 16.9 Å². The van der Waals surface area contributed by atoms with E-state index in [1.807, 2.05) is 24.3 Å². The number of ether oxygens (including phenoxy) is 3. The number of morpholine rings is 1. The van der Waals surface area contributed by atoms with Crippen molar-refractivity contribution in [1.29, 1.82) is 0 Å². The molecule has 11 heteroatoms. The number of carbonyl (C=O) groups is 1. The van der Waals surface area contributed by atoms with Gasteiger partial charge in [0.15, 0.2) is 5.82 Å². The second-order valence-corrected chi connectivity index (χ2v) is 10.5. The number of benzene rings is 2. The number of methoxy groups -OCH3 is 1. The van der Waals surface area contributed by atoms with Gasteiger partial charge in [-0.25, -0.2) is 4.39 Å². The highest BCUT2D eigenvalue weighted by molar-refractivity contribution is 8.00. The molecule has 0 bridgehead atoms. The van der Waals surface area contributed by atoms with Crippen molar-refractivity contribution in [3.63, 3.8) is 0 Å². The van der Waals surface area contributed by atoms with Gasteiger partial charge in [-0.3, -0.25) is 4.79 Å². The van der Waals surface area contributed by atoms with E-state index in [1.54, 1.807) is 23.9 Å². The highest BCUT2D eigenvalue weighted by atomic mass is 32.2. The molecular weight excluding hydrogens is 499 g/mol. The van der Waals surface area contributed by atoms with Crippen molar-refractivity contribution in [3.8, 4) is 17.2 Å². The lowest BCUT2D eigenvalue weighted by Gasteiger charge is -2.29. The van der Waals surface area contributed by atoms with Crippen molar-refractivity contribution >= 4 is 23.5 Å². The summed E-state index contributed by atoms with van der Waals surface area (Å²) in [5.41, 5.74) is 1.71. The number of hydrogen-bond acceptors (Lipinski definition) is 8. The van der Waals surface area contributed by atoms with Gasteiger partial charge in [0, 0.05) is 29.7 Å².